The molecule has 0 spiro atoms. The molecule has 5 aromatic rings. The first-order valence-electron chi connectivity index (χ1n) is 13.6. The summed E-state index contributed by atoms with van der Waals surface area (Å²) in [6.45, 7) is 1.95. The molecule has 0 atom stereocenters. The monoisotopic (exact) mass is 565 g/mol. The third-order valence-corrected chi connectivity index (χ3v) is 7.33. The zero-order valence-electron chi connectivity index (χ0n) is 23.0. The maximum Gasteiger partial charge on any atom is 0.253 e. The highest BCUT2D eigenvalue weighted by molar-refractivity contribution is 5.97. The second-order valence-electron chi connectivity index (χ2n) is 10.3. The number of benzene rings is 2. The van der Waals surface area contributed by atoms with E-state index in [1.165, 1.54) is 18.3 Å². The van der Waals surface area contributed by atoms with Gasteiger partial charge in [0, 0.05) is 68.6 Å². The van der Waals surface area contributed by atoms with Gasteiger partial charge >= 0.3 is 0 Å². The predicted molar refractivity (Wildman–Crippen MR) is 153 cm³/mol. The van der Waals surface area contributed by atoms with Crippen molar-refractivity contribution in [3.05, 3.63) is 102 Å². The maximum absolute atomic E-state index is 14.4. The van der Waals surface area contributed by atoms with Gasteiger partial charge in [-0.3, -0.25) is 23.7 Å². The standard InChI is InChI=1S/C31H28FN7O3/c1-36-18-24(17-33-36)30-25(32)8-10-27(34-30)28(40)16-21-7-9-26-23(15-21)19-39(35-26)20-29(41)37-11-13-38(14-12-37)31(42)22-5-3-2-4-6-22/h2-10,15,17-19H,11-14,16,20H2,1H3. The Bertz CT molecular complexity index is 1790. The van der Waals surface area contributed by atoms with Crippen LogP contribution in [0.2, 0.25) is 0 Å². The average Bonchev–Trinajstić information content (AvgIpc) is 3.62. The van der Waals surface area contributed by atoms with Crippen LogP contribution < -0.4 is 0 Å². The molecule has 2 amide bonds. The fourth-order valence-electron chi connectivity index (χ4n) is 5.10. The highest BCUT2D eigenvalue weighted by Gasteiger charge is 2.25. The first kappa shape index (κ1) is 27.0. The molecule has 3 aromatic heterocycles. The number of carbonyl (C=O) groups is 3. The number of halogens is 1. The number of piperazine rings is 1. The Hall–Kier alpha value is -5.19. The van der Waals surface area contributed by atoms with Crippen LogP contribution in [0.1, 0.15) is 26.4 Å². The van der Waals surface area contributed by atoms with E-state index in [1.807, 2.05) is 36.4 Å². The Balaban J connectivity index is 1.08. The number of fused-ring (bicyclic) bond motifs is 1. The van der Waals surface area contributed by atoms with E-state index in [9.17, 15) is 18.8 Å². The third kappa shape index (κ3) is 5.67. The van der Waals surface area contributed by atoms with E-state index in [2.05, 4.69) is 15.2 Å². The number of rotatable bonds is 7. The van der Waals surface area contributed by atoms with E-state index in [0.29, 0.717) is 42.8 Å². The van der Waals surface area contributed by atoms with Gasteiger partial charge in [0.1, 0.15) is 23.7 Å². The Labute approximate surface area is 241 Å². The van der Waals surface area contributed by atoms with Crippen LogP contribution in [0.5, 0.6) is 0 Å². The molecular formula is C31H28FN7O3. The second kappa shape index (κ2) is 11.4. The lowest BCUT2D eigenvalue weighted by molar-refractivity contribution is -0.133. The van der Waals surface area contributed by atoms with Crippen molar-refractivity contribution in [1.82, 2.24) is 34.3 Å². The molecule has 0 radical (unpaired) electrons. The normalized spacial score (nSPS) is 13.5. The summed E-state index contributed by atoms with van der Waals surface area (Å²) in [4.78, 5) is 46.5. The van der Waals surface area contributed by atoms with Crippen molar-refractivity contribution in [1.29, 1.82) is 0 Å². The number of hydrogen-bond donors (Lipinski definition) is 0. The molecule has 0 N–H and O–H groups in total. The molecule has 42 heavy (non-hydrogen) atoms. The second-order valence-corrected chi connectivity index (χ2v) is 10.3. The van der Waals surface area contributed by atoms with Crippen molar-refractivity contribution < 1.29 is 18.8 Å². The molecule has 0 bridgehead atoms. The smallest absolute Gasteiger partial charge is 0.253 e. The predicted octanol–water partition coefficient (Wildman–Crippen LogP) is 3.38. The summed E-state index contributed by atoms with van der Waals surface area (Å²) in [6, 6.07) is 17.3. The molecule has 2 aromatic carbocycles. The molecule has 212 valence electrons. The average molecular weight is 566 g/mol. The van der Waals surface area contributed by atoms with Crippen LogP contribution in [0, 0.1) is 5.82 Å². The van der Waals surface area contributed by atoms with Crippen LogP contribution in [0.3, 0.4) is 0 Å². The van der Waals surface area contributed by atoms with Gasteiger partial charge in [0.15, 0.2) is 5.78 Å². The van der Waals surface area contributed by atoms with Gasteiger partial charge in [-0.1, -0.05) is 24.3 Å². The van der Waals surface area contributed by atoms with Crippen molar-refractivity contribution in [2.24, 2.45) is 7.05 Å². The largest absolute Gasteiger partial charge is 0.338 e. The van der Waals surface area contributed by atoms with Gasteiger partial charge in [-0.25, -0.2) is 9.37 Å². The highest BCUT2D eigenvalue weighted by atomic mass is 19.1. The van der Waals surface area contributed by atoms with E-state index in [0.717, 1.165) is 10.9 Å². The van der Waals surface area contributed by atoms with Gasteiger partial charge in [-0.15, -0.1) is 0 Å². The zero-order chi connectivity index (χ0) is 29.2. The number of Topliss-reactive ketones (excluding diaryl/α,β-unsaturated/α-hetero) is 1. The number of ketones is 1. The molecule has 6 rings (SSSR count). The summed E-state index contributed by atoms with van der Waals surface area (Å²) >= 11 is 0. The lowest BCUT2D eigenvalue weighted by Gasteiger charge is -2.34. The van der Waals surface area contributed by atoms with Crippen LogP contribution in [0.15, 0.2) is 79.3 Å². The van der Waals surface area contributed by atoms with Crippen LogP contribution in [-0.4, -0.2) is 78.1 Å². The van der Waals surface area contributed by atoms with E-state index in [-0.39, 0.29) is 42.0 Å². The van der Waals surface area contributed by atoms with Crippen molar-refractivity contribution in [3.63, 3.8) is 0 Å². The molecule has 1 fully saturated rings. The summed E-state index contributed by atoms with van der Waals surface area (Å²) < 4.78 is 17.5. The fourth-order valence-corrected chi connectivity index (χ4v) is 5.10. The Morgan fingerprint density at radius 3 is 2.40 bits per heavy atom. The van der Waals surface area contributed by atoms with Crippen LogP contribution >= 0.6 is 0 Å². The Morgan fingerprint density at radius 2 is 1.67 bits per heavy atom. The van der Waals surface area contributed by atoms with Crippen molar-refractivity contribution in [3.8, 4) is 11.3 Å². The summed E-state index contributed by atoms with van der Waals surface area (Å²) in [6.07, 6.45) is 5.01. The number of hydrogen-bond acceptors (Lipinski definition) is 6. The summed E-state index contributed by atoms with van der Waals surface area (Å²) in [5.74, 6) is -0.867. The van der Waals surface area contributed by atoms with Gasteiger partial charge in [-0.2, -0.15) is 10.2 Å². The number of pyridine rings is 1. The van der Waals surface area contributed by atoms with Gasteiger partial charge in [0.2, 0.25) is 5.91 Å². The molecule has 1 aliphatic heterocycles. The summed E-state index contributed by atoms with van der Waals surface area (Å²) in [5, 5.41) is 9.37. The SMILES string of the molecule is Cn1cc(-c2nc(C(=O)Cc3ccc4nn(CC(=O)N5CCN(C(=O)c6ccccc6)CC5)cc4c3)ccc2F)cn1. The highest BCUT2D eigenvalue weighted by Crippen LogP contribution is 2.22. The number of nitrogens with zero attached hydrogens (tertiary/aromatic N) is 7. The number of aryl methyl sites for hydroxylation is 1. The van der Waals surface area contributed by atoms with Crippen molar-refractivity contribution >= 4 is 28.5 Å². The molecule has 10 nitrogen and oxygen atoms in total. The lowest BCUT2D eigenvalue weighted by atomic mass is 10.0. The molecule has 4 heterocycles. The fraction of sp³-hybridized carbons (Fsp3) is 0.226. The van der Waals surface area contributed by atoms with E-state index >= 15 is 0 Å². The Morgan fingerprint density at radius 1 is 0.905 bits per heavy atom. The molecule has 1 saturated heterocycles. The number of amides is 2. The minimum absolute atomic E-state index is 0.0283. The number of carbonyl (C=O) groups excluding carboxylic acids is 3. The molecule has 0 unspecified atom stereocenters. The zero-order valence-corrected chi connectivity index (χ0v) is 23.0. The summed E-state index contributed by atoms with van der Waals surface area (Å²) in [7, 11) is 1.72. The van der Waals surface area contributed by atoms with Gasteiger partial charge < -0.3 is 9.80 Å². The summed E-state index contributed by atoms with van der Waals surface area (Å²) in [5.41, 5.74) is 2.85. The first-order valence-corrected chi connectivity index (χ1v) is 13.6. The van der Waals surface area contributed by atoms with Gasteiger partial charge in [0.25, 0.3) is 5.91 Å². The topological polar surface area (TPSA) is 106 Å². The maximum atomic E-state index is 14.4. The van der Waals surface area contributed by atoms with Gasteiger partial charge in [0.05, 0.1) is 11.7 Å². The first-order chi connectivity index (χ1) is 20.3. The molecular weight excluding hydrogens is 537 g/mol. The van der Waals surface area contributed by atoms with Crippen LogP contribution in [0.4, 0.5) is 4.39 Å². The van der Waals surface area contributed by atoms with E-state index < -0.39 is 5.82 Å². The van der Waals surface area contributed by atoms with E-state index in [1.54, 1.807) is 50.7 Å². The van der Waals surface area contributed by atoms with Crippen LogP contribution in [-0.2, 0) is 24.8 Å². The molecule has 0 aliphatic carbocycles. The van der Waals surface area contributed by atoms with Crippen molar-refractivity contribution in [2.75, 3.05) is 26.2 Å². The minimum atomic E-state index is -0.523. The Kier molecular flexibility index (Phi) is 7.30. The number of aromatic nitrogens is 5. The van der Waals surface area contributed by atoms with Crippen LogP contribution in [0.25, 0.3) is 22.2 Å². The molecule has 0 saturated carbocycles. The van der Waals surface area contributed by atoms with Crippen molar-refractivity contribution in [2.45, 2.75) is 13.0 Å². The molecule has 1 aliphatic rings. The third-order valence-electron chi connectivity index (χ3n) is 7.33. The van der Waals surface area contributed by atoms with E-state index in [4.69, 9.17) is 0 Å². The molecule has 11 heteroatoms. The quantitative estimate of drug-likeness (QED) is 0.280. The lowest BCUT2D eigenvalue weighted by Crippen LogP contribution is -2.51. The minimum Gasteiger partial charge on any atom is -0.338 e. The van der Waals surface area contributed by atoms with Gasteiger partial charge in [-0.05, 0) is 42.0 Å².